The molecule has 1 heterocycles. The number of nitriles is 1. The number of hydrogen-bond donors (Lipinski definition) is 1. The lowest BCUT2D eigenvalue weighted by Crippen LogP contribution is -2.06. The second-order valence-corrected chi connectivity index (χ2v) is 3.59. The average molecular weight is 309 g/mol. The van der Waals surface area contributed by atoms with Gasteiger partial charge in [0.25, 0.3) is 6.43 Å². The Labute approximate surface area is 93.1 Å². The molecule has 2 N–H and O–H groups in total. The topological polar surface area (TPSA) is 62.7 Å². The molecular weight excluding hydrogens is 303 g/mol. The van der Waals surface area contributed by atoms with Gasteiger partial charge < -0.3 is 5.73 Å². The van der Waals surface area contributed by atoms with Crippen LogP contribution < -0.4 is 5.73 Å². The van der Waals surface area contributed by atoms with Crippen LogP contribution in [0.5, 0.6) is 0 Å². The predicted octanol–water partition coefficient (Wildman–Crippen LogP) is 1.95. The third-order valence-corrected chi connectivity index (χ3v) is 2.19. The molecule has 0 aromatic carbocycles. The van der Waals surface area contributed by atoms with Gasteiger partial charge in [-0.05, 0) is 34.2 Å². The van der Waals surface area contributed by atoms with Crippen molar-refractivity contribution < 1.29 is 8.78 Å². The van der Waals surface area contributed by atoms with E-state index in [0.717, 1.165) is 0 Å². The molecule has 0 unspecified atom stereocenters. The molecule has 1 rings (SSSR count). The molecule has 6 heteroatoms. The Kier molecular flexibility index (Phi) is 3.71. The fourth-order valence-corrected chi connectivity index (χ4v) is 1.67. The third kappa shape index (κ3) is 2.16. The van der Waals surface area contributed by atoms with Crippen molar-refractivity contribution in [3.8, 4) is 6.07 Å². The Balaban J connectivity index is 3.41. The number of pyridine rings is 1. The quantitative estimate of drug-likeness (QED) is 0.671. The van der Waals surface area contributed by atoms with Crippen molar-refractivity contribution in [2.75, 3.05) is 0 Å². The lowest BCUT2D eigenvalue weighted by molar-refractivity contribution is 0.145. The minimum atomic E-state index is -2.75. The molecule has 0 aliphatic heterocycles. The maximum atomic E-state index is 12.5. The Bertz CT molecular complexity index is 387. The molecule has 0 saturated carbocycles. The van der Waals surface area contributed by atoms with Crippen molar-refractivity contribution in [2.24, 2.45) is 5.73 Å². The monoisotopic (exact) mass is 309 g/mol. The van der Waals surface area contributed by atoms with Crippen molar-refractivity contribution in [1.82, 2.24) is 4.98 Å². The van der Waals surface area contributed by atoms with Gasteiger partial charge in [-0.25, -0.2) is 13.8 Å². The zero-order valence-corrected chi connectivity index (χ0v) is 9.12. The fraction of sp³-hybridized carbons (Fsp3) is 0.250. The fourth-order valence-electron chi connectivity index (χ4n) is 1.03. The summed E-state index contributed by atoms with van der Waals surface area (Å²) in [4.78, 5) is 3.61. The first-order valence-electron chi connectivity index (χ1n) is 3.67. The van der Waals surface area contributed by atoms with Crippen LogP contribution in [0.2, 0.25) is 0 Å². The second-order valence-electron chi connectivity index (χ2n) is 2.48. The first kappa shape index (κ1) is 11.3. The summed E-state index contributed by atoms with van der Waals surface area (Å²) in [5.74, 6) is 0. The van der Waals surface area contributed by atoms with Gasteiger partial charge in [0.15, 0.2) is 0 Å². The van der Waals surface area contributed by atoms with Gasteiger partial charge in [0.05, 0.1) is 5.56 Å². The Morgan fingerprint density at radius 2 is 2.29 bits per heavy atom. The number of hydrogen-bond acceptors (Lipinski definition) is 3. The number of nitrogens with zero attached hydrogens (tertiary/aromatic N) is 2. The highest BCUT2D eigenvalue weighted by Gasteiger charge is 2.18. The summed E-state index contributed by atoms with van der Waals surface area (Å²) < 4.78 is 25.3. The number of nitrogens with two attached hydrogens (primary N) is 1. The highest BCUT2D eigenvalue weighted by atomic mass is 127. The van der Waals surface area contributed by atoms with Gasteiger partial charge >= 0.3 is 0 Å². The Morgan fingerprint density at radius 1 is 1.64 bits per heavy atom. The molecule has 0 amide bonds. The lowest BCUT2D eigenvalue weighted by atomic mass is 10.1. The molecule has 3 nitrogen and oxygen atoms in total. The van der Waals surface area contributed by atoms with E-state index < -0.39 is 12.1 Å². The van der Waals surface area contributed by atoms with Crippen LogP contribution in [0, 0.1) is 15.0 Å². The van der Waals surface area contributed by atoms with Gasteiger partial charge in [0, 0.05) is 6.54 Å². The molecule has 0 atom stereocenters. The number of rotatable bonds is 2. The standard InChI is InChI=1S/C8H6F2IN3/c9-8(10)7-5(3-13)4(2-12)1-6(11)14-7/h1,8H,2,12H2. The summed E-state index contributed by atoms with van der Waals surface area (Å²) in [7, 11) is 0. The number of alkyl halides is 2. The van der Waals surface area contributed by atoms with Gasteiger partial charge in [0.1, 0.15) is 15.5 Å². The van der Waals surface area contributed by atoms with E-state index in [4.69, 9.17) is 11.0 Å². The molecular formula is C8H6F2IN3. The van der Waals surface area contributed by atoms with Crippen molar-refractivity contribution in [3.05, 3.63) is 26.6 Å². The molecule has 0 saturated heterocycles. The molecule has 14 heavy (non-hydrogen) atoms. The van der Waals surface area contributed by atoms with E-state index >= 15 is 0 Å². The molecule has 0 bridgehead atoms. The molecule has 1 aromatic rings. The Morgan fingerprint density at radius 3 is 2.71 bits per heavy atom. The summed E-state index contributed by atoms with van der Waals surface area (Å²) in [6.07, 6.45) is -2.75. The van der Waals surface area contributed by atoms with Gasteiger partial charge in [-0.1, -0.05) is 0 Å². The van der Waals surface area contributed by atoms with Crippen LogP contribution in [0.15, 0.2) is 6.07 Å². The van der Waals surface area contributed by atoms with E-state index in [1.54, 1.807) is 6.07 Å². The van der Waals surface area contributed by atoms with Crippen molar-refractivity contribution in [2.45, 2.75) is 13.0 Å². The SMILES string of the molecule is N#Cc1c(CN)cc(I)nc1C(F)F. The average Bonchev–Trinajstić information content (AvgIpc) is 2.16. The van der Waals surface area contributed by atoms with E-state index in [1.165, 1.54) is 6.07 Å². The van der Waals surface area contributed by atoms with Crippen LogP contribution in [0.25, 0.3) is 0 Å². The highest BCUT2D eigenvalue weighted by molar-refractivity contribution is 14.1. The summed E-state index contributed by atoms with van der Waals surface area (Å²) in [6.45, 7) is 0.0567. The van der Waals surface area contributed by atoms with Gasteiger partial charge in [-0.15, -0.1) is 0 Å². The zero-order chi connectivity index (χ0) is 10.7. The van der Waals surface area contributed by atoms with Gasteiger partial charge in [-0.3, -0.25) is 0 Å². The van der Waals surface area contributed by atoms with Crippen molar-refractivity contribution in [1.29, 1.82) is 5.26 Å². The molecule has 74 valence electrons. The molecule has 0 radical (unpaired) electrons. The molecule has 0 aliphatic rings. The Hall–Kier alpha value is -0.810. The maximum Gasteiger partial charge on any atom is 0.281 e. The molecule has 0 fully saturated rings. The second kappa shape index (κ2) is 4.61. The molecule has 0 aliphatic carbocycles. The van der Waals surface area contributed by atoms with Gasteiger partial charge in [0.2, 0.25) is 0 Å². The molecule has 0 spiro atoms. The first-order valence-corrected chi connectivity index (χ1v) is 4.75. The van der Waals surface area contributed by atoms with Gasteiger partial charge in [-0.2, -0.15) is 5.26 Å². The summed E-state index contributed by atoms with van der Waals surface area (Å²) in [5, 5.41) is 8.69. The summed E-state index contributed by atoms with van der Waals surface area (Å²) >= 11 is 1.81. The third-order valence-electron chi connectivity index (χ3n) is 1.64. The van der Waals surface area contributed by atoms with E-state index in [1.807, 2.05) is 22.6 Å². The zero-order valence-electron chi connectivity index (χ0n) is 6.97. The van der Waals surface area contributed by atoms with E-state index in [0.29, 0.717) is 9.26 Å². The first-order chi connectivity index (χ1) is 6.60. The number of aromatic nitrogens is 1. The minimum Gasteiger partial charge on any atom is -0.326 e. The van der Waals surface area contributed by atoms with Crippen LogP contribution in [0.3, 0.4) is 0 Å². The lowest BCUT2D eigenvalue weighted by Gasteiger charge is -2.06. The normalized spacial score (nSPS) is 10.3. The molecule has 1 aromatic heterocycles. The van der Waals surface area contributed by atoms with Crippen molar-refractivity contribution >= 4 is 22.6 Å². The largest absolute Gasteiger partial charge is 0.326 e. The van der Waals surface area contributed by atoms with Crippen molar-refractivity contribution in [3.63, 3.8) is 0 Å². The van der Waals surface area contributed by atoms with Crippen LogP contribution >= 0.6 is 22.6 Å². The van der Waals surface area contributed by atoms with Crippen LogP contribution in [-0.2, 0) is 6.54 Å². The summed E-state index contributed by atoms with van der Waals surface area (Å²) in [5.41, 5.74) is 5.15. The van der Waals surface area contributed by atoms with Crippen LogP contribution in [-0.4, -0.2) is 4.98 Å². The highest BCUT2D eigenvalue weighted by Crippen LogP contribution is 2.24. The maximum absolute atomic E-state index is 12.5. The van der Waals surface area contributed by atoms with Crippen LogP contribution in [0.4, 0.5) is 8.78 Å². The minimum absolute atomic E-state index is 0.0567. The summed E-state index contributed by atoms with van der Waals surface area (Å²) in [6, 6.07) is 3.23. The van der Waals surface area contributed by atoms with E-state index in [-0.39, 0.29) is 12.1 Å². The van der Waals surface area contributed by atoms with E-state index in [2.05, 4.69) is 4.98 Å². The van der Waals surface area contributed by atoms with E-state index in [9.17, 15) is 8.78 Å². The predicted molar refractivity (Wildman–Crippen MR) is 54.5 cm³/mol. The number of halogens is 3. The van der Waals surface area contributed by atoms with Crippen LogP contribution in [0.1, 0.15) is 23.2 Å². The smallest absolute Gasteiger partial charge is 0.281 e.